The van der Waals surface area contributed by atoms with Crippen LogP contribution in [0.1, 0.15) is 6.92 Å². The number of amides is 2. The first-order valence-corrected chi connectivity index (χ1v) is 8.95. The van der Waals surface area contributed by atoms with Crippen LogP contribution < -0.4 is 10.1 Å². The van der Waals surface area contributed by atoms with Gasteiger partial charge < -0.3 is 24.4 Å². The summed E-state index contributed by atoms with van der Waals surface area (Å²) in [5.41, 5.74) is 0.713. The molecule has 1 unspecified atom stereocenters. The van der Waals surface area contributed by atoms with E-state index in [1.165, 1.54) is 0 Å². The predicted octanol–water partition coefficient (Wildman–Crippen LogP) is 1.65. The Morgan fingerprint density at radius 1 is 1.24 bits per heavy atom. The Balaban J connectivity index is 1.47. The Labute approximate surface area is 148 Å². The van der Waals surface area contributed by atoms with Gasteiger partial charge in [0.25, 0.3) is 0 Å². The van der Waals surface area contributed by atoms with Crippen molar-refractivity contribution in [1.29, 1.82) is 0 Å². The number of urea groups is 1. The number of carbonyl (C=O) groups is 1. The number of hydrogen-bond donors (Lipinski definition) is 1. The summed E-state index contributed by atoms with van der Waals surface area (Å²) in [5.74, 6) is 0.700. The van der Waals surface area contributed by atoms with Gasteiger partial charge in [-0.2, -0.15) is 0 Å². The van der Waals surface area contributed by atoms with Crippen LogP contribution in [-0.4, -0.2) is 81.1 Å². The molecule has 2 saturated heterocycles. The molecule has 0 bridgehead atoms. The monoisotopic (exact) mass is 349 g/mol. The van der Waals surface area contributed by atoms with Gasteiger partial charge >= 0.3 is 6.03 Å². The van der Waals surface area contributed by atoms with Crippen LogP contribution in [0.3, 0.4) is 0 Å². The lowest BCUT2D eigenvalue weighted by Crippen LogP contribution is -2.52. The second kappa shape index (κ2) is 9.03. The maximum atomic E-state index is 12.5. The van der Waals surface area contributed by atoms with E-state index in [9.17, 15) is 4.79 Å². The van der Waals surface area contributed by atoms with Crippen molar-refractivity contribution in [3.63, 3.8) is 0 Å². The minimum absolute atomic E-state index is 0.0796. The fourth-order valence-corrected chi connectivity index (χ4v) is 3.11. The number of piperazine rings is 1. The highest BCUT2D eigenvalue weighted by molar-refractivity contribution is 5.91. The molecule has 0 spiro atoms. The van der Waals surface area contributed by atoms with Crippen molar-refractivity contribution in [2.24, 2.45) is 0 Å². The number of carbonyl (C=O) groups excluding carboxylic acids is 1. The minimum Gasteiger partial charge on any atom is -0.492 e. The molecule has 0 radical (unpaired) electrons. The zero-order valence-electron chi connectivity index (χ0n) is 14.8. The van der Waals surface area contributed by atoms with Crippen molar-refractivity contribution in [2.75, 3.05) is 64.5 Å². The molecule has 7 nitrogen and oxygen atoms in total. The van der Waals surface area contributed by atoms with E-state index in [1.807, 2.05) is 36.1 Å². The molecule has 1 aromatic rings. The highest BCUT2D eigenvalue weighted by Gasteiger charge is 2.25. The topological polar surface area (TPSA) is 63.3 Å². The molecule has 0 aliphatic carbocycles. The minimum atomic E-state index is -0.0796. The first kappa shape index (κ1) is 18.0. The van der Waals surface area contributed by atoms with Gasteiger partial charge in [-0.05, 0) is 19.1 Å². The van der Waals surface area contributed by atoms with Gasteiger partial charge in [0.1, 0.15) is 5.75 Å². The molecule has 2 amide bonds. The number of benzene rings is 1. The van der Waals surface area contributed by atoms with Gasteiger partial charge in [0.15, 0.2) is 0 Å². The van der Waals surface area contributed by atoms with Crippen LogP contribution in [0.5, 0.6) is 5.75 Å². The average molecular weight is 349 g/mol. The summed E-state index contributed by atoms with van der Waals surface area (Å²) >= 11 is 0. The van der Waals surface area contributed by atoms with Gasteiger partial charge in [-0.3, -0.25) is 4.90 Å². The molecule has 1 aromatic carbocycles. The SMILES string of the molecule is CCOc1ccccc1NC(=O)N1CCN(CC2COCCO2)CC1. The Bertz CT molecular complexity index is 555. The normalized spacial score (nSPS) is 21.8. The van der Waals surface area contributed by atoms with Gasteiger partial charge in [-0.15, -0.1) is 0 Å². The number of nitrogens with one attached hydrogen (secondary N) is 1. The third-order valence-electron chi connectivity index (χ3n) is 4.43. The third kappa shape index (κ3) is 5.07. The second-order valence-electron chi connectivity index (χ2n) is 6.21. The van der Waals surface area contributed by atoms with Crippen LogP contribution in [0.4, 0.5) is 10.5 Å². The van der Waals surface area contributed by atoms with Crippen molar-refractivity contribution in [3.05, 3.63) is 24.3 Å². The fourth-order valence-electron chi connectivity index (χ4n) is 3.11. The number of rotatable bonds is 5. The van der Waals surface area contributed by atoms with E-state index in [0.29, 0.717) is 51.0 Å². The first-order valence-electron chi connectivity index (χ1n) is 8.95. The summed E-state index contributed by atoms with van der Waals surface area (Å²) in [6.45, 7) is 8.49. The van der Waals surface area contributed by atoms with Gasteiger partial charge in [0, 0.05) is 32.7 Å². The quantitative estimate of drug-likeness (QED) is 0.876. The molecule has 0 saturated carbocycles. The highest BCUT2D eigenvalue weighted by atomic mass is 16.6. The van der Waals surface area contributed by atoms with Crippen LogP contribution >= 0.6 is 0 Å². The number of nitrogens with zero attached hydrogens (tertiary/aromatic N) is 2. The molecule has 2 heterocycles. The Hall–Kier alpha value is -1.83. The van der Waals surface area contributed by atoms with Crippen LogP contribution in [0, 0.1) is 0 Å². The van der Waals surface area contributed by atoms with E-state index in [0.717, 1.165) is 19.6 Å². The molecule has 7 heteroatoms. The molecular weight excluding hydrogens is 322 g/mol. The molecule has 1 atom stereocenters. The molecule has 3 rings (SSSR count). The Kier molecular flexibility index (Phi) is 6.49. The van der Waals surface area contributed by atoms with Crippen molar-refractivity contribution in [2.45, 2.75) is 13.0 Å². The van der Waals surface area contributed by atoms with Crippen LogP contribution in [0.2, 0.25) is 0 Å². The molecule has 2 fully saturated rings. The maximum Gasteiger partial charge on any atom is 0.322 e. The molecule has 2 aliphatic rings. The number of anilines is 1. The smallest absolute Gasteiger partial charge is 0.322 e. The van der Waals surface area contributed by atoms with Crippen molar-refractivity contribution < 1.29 is 19.0 Å². The zero-order chi connectivity index (χ0) is 17.5. The molecule has 1 N–H and O–H groups in total. The lowest BCUT2D eigenvalue weighted by molar-refractivity contribution is -0.0992. The van der Waals surface area contributed by atoms with Crippen LogP contribution in [0.25, 0.3) is 0 Å². The molecular formula is C18H27N3O4. The highest BCUT2D eigenvalue weighted by Crippen LogP contribution is 2.24. The average Bonchev–Trinajstić information content (AvgIpc) is 2.65. The predicted molar refractivity (Wildman–Crippen MR) is 95.2 cm³/mol. The summed E-state index contributed by atoms with van der Waals surface area (Å²) in [6, 6.07) is 7.44. The van der Waals surface area contributed by atoms with E-state index in [4.69, 9.17) is 14.2 Å². The van der Waals surface area contributed by atoms with Crippen LogP contribution in [0.15, 0.2) is 24.3 Å². The van der Waals surface area contributed by atoms with Gasteiger partial charge in [0.05, 0.1) is 38.2 Å². The van der Waals surface area contributed by atoms with Gasteiger partial charge in [-0.25, -0.2) is 4.79 Å². The summed E-state index contributed by atoms with van der Waals surface area (Å²) in [6.07, 6.45) is 0.146. The summed E-state index contributed by atoms with van der Waals surface area (Å²) in [4.78, 5) is 16.7. The molecule has 0 aromatic heterocycles. The second-order valence-corrected chi connectivity index (χ2v) is 6.21. The Morgan fingerprint density at radius 3 is 2.76 bits per heavy atom. The van der Waals surface area contributed by atoms with Crippen molar-refractivity contribution >= 4 is 11.7 Å². The molecule has 138 valence electrons. The number of para-hydroxylation sites is 2. The van der Waals surface area contributed by atoms with Gasteiger partial charge in [-0.1, -0.05) is 12.1 Å². The third-order valence-corrected chi connectivity index (χ3v) is 4.43. The number of hydrogen-bond acceptors (Lipinski definition) is 5. The summed E-state index contributed by atoms with van der Waals surface area (Å²) in [7, 11) is 0. The van der Waals surface area contributed by atoms with E-state index < -0.39 is 0 Å². The van der Waals surface area contributed by atoms with Crippen molar-refractivity contribution in [3.8, 4) is 5.75 Å². The van der Waals surface area contributed by atoms with E-state index in [-0.39, 0.29) is 12.1 Å². The fraction of sp³-hybridized carbons (Fsp3) is 0.611. The lowest BCUT2D eigenvalue weighted by atomic mass is 10.2. The maximum absolute atomic E-state index is 12.5. The van der Waals surface area contributed by atoms with Crippen LogP contribution in [-0.2, 0) is 9.47 Å². The summed E-state index contributed by atoms with van der Waals surface area (Å²) < 4.78 is 16.7. The van der Waals surface area contributed by atoms with Gasteiger partial charge in [0.2, 0.25) is 0 Å². The standard InChI is InChI=1S/C18H27N3O4/c1-2-24-17-6-4-3-5-16(17)19-18(22)21-9-7-20(8-10-21)13-15-14-23-11-12-25-15/h3-6,15H,2,7-14H2,1H3,(H,19,22). The zero-order valence-corrected chi connectivity index (χ0v) is 14.8. The first-order chi connectivity index (χ1) is 12.3. The largest absolute Gasteiger partial charge is 0.492 e. The molecule has 2 aliphatic heterocycles. The van der Waals surface area contributed by atoms with Crippen molar-refractivity contribution in [1.82, 2.24) is 9.80 Å². The lowest BCUT2D eigenvalue weighted by Gasteiger charge is -2.37. The summed E-state index contributed by atoms with van der Waals surface area (Å²) in [5, 5.41) is 2.96. The van der Waals surface area contributed by atoms with E-state index >= 15 is 0 Å². The van der Waals surface area contributed by atoms with E-state index in [2.05, 4.69) is 10.2 Å². The number of ether oxygens (including phenoxy) is 3. The van der Waals surface area contributed by atoms with E-state index in [1.54, 1.807) is 0 Å². The molecule has 25 heavy (non-hydrogen) atoms. The Morgan fingerprint density at radius 2 is 2.04 bits per heavy atom.